The van der Waals surface area contributed by atoms with Gasteiger partial charge in [-0.25, -0.2) is 0 Å². The number of amides is 1. The average molecular weight is 957 g/mol. The van der Waals surface area contributed by atoms with Crippen molar-refractivity contribution in [3.8, 4) is 0 Å². The molecule has 0 spiro atoms. The summed E-state index contributed by atoms with van der Waals surface area (Å²) in [5, 5.41) is 23.2. The molecule has 0 fully saturated rings. The van der Waals surface area contributed by atoms with E-state index in [-0.39, 0.29) is 18.5 Å². The van der Waals surface area contributed by atoms with Crippen molar-refractivity contribution in [2.75, 3.05) is 13.2 Å². The van der Waals surface area contributed by atoms with Crippen LogP contribution in [-0.4, -0.2) is 47.4 Å². The highest BCUT2D eigenvalue weighted by molar-refractivity contribution is 5.76. The van der Waals surface area contributed by atoms with Gasteiger partial charge in [-0.15, -0.1) is 0 Å². The Morgan fingerprint density at radius 1 is 0.397 bits per heavy atom. The first kappa shape index (κ1) is 66.1. The molecule has 3 N–H and O–H groups in total. The van der Waals surface area contributed by atoms with Crippen LogP contribution in [0.5, 0.6) is 0 Å². The number of rotatable bonds is 56. The molecule has 0 saturated heterocycles. The Labute approximate surface area is 424 Å². The third-order valence-corrected chi connectivity index (χ3v) is 13.9. The third kappa shape index (κ3) is 53.4. The summed E-state index contributed by atoms with van der Waals surface area (Å²) in [4.78, 5) is 24.5. The Morgan fingerprint density at radius 3 is 1.07 bits per heavy atom. The maximum absolute atomic E-state index is 12.5. The lowest BCUT2D eigenvalue weighted by Gasteiger charge is -2.20. The fourth-order valence-corrected chi connectivity index (χ4v) is 9.21. The van der Waals surface area contributed by atoms with E-state index in [4.69, 9.17) is 4.74 Å². The number of carbonyl (C=O) groups is 2. The first-order valence-corrected chi connectivity index (χ1v) is 30.3. The van der Waals surface area contributed by atoms with Gasteiger partial charge in [-0.1, -0.05) is 262 Å². The van der Waals surface area contributed by atoms with Gasteiger partial charge in [0.15, 0.2) is 0 Å². The van der Waals surface area contributed by atoms with E-state index in [9.17, 15) is 19.8 Å². The normalized spacial score (nSPS) is 12.8. The second kappa shape index (κ2) is 57.7. The summed E-state index contributed by atoms with van der Waals surface area (Å²) >= 11 is 0. The van der Waals surface area contributed by atoms with Crippen LogP contribution in [0.1, 0.15) is 322 Å². The molecule has 400 valence electrons. The van der Waals surface area contributed by atoms with Gasteiger partial charge in [0, 0.05) is 12.8 Å². The molecule has 0 rings (SSSR count). The Balaban J connectivity index is 3.51. The summed E-state index contributed by atoms with van der Waals surface area (Å²) in [6.07, 6.45) is 71.7. The standard InChI is InChI=1S/C62H117NO5/c1-3-5-7-9-11-13-15-17-18-19-20-21-22-23-24-25-28-31-34-38-42-46-50-54-60(65)59(58-64)63-61(66)55-51-47-43-39-35-32-29-26-27-30-33-37-41-45-49-53-57-68-62(67)56-52-48-44-40-36-16-14-12-10-8-6-4-2/h12,14,26,29,50,54,59-60,64-65H,3-11,13,15-25,27-28,30-49,51-53,55-58H2,1-2H3,(H,63,66)/b14-12-,29-26-,54-50+. The van der Waals surface area contributed by atoms with Gasteiger partial charge in [-0.2, -0.15) is 0 Å². The van der Waals surface area contributed by atoms with E-state index in [1.807, 2.05) is 6.08 Å². The minimum absolute atomic E-state index is 0.0138. The van der Waals surface area contributed by atoms with Gasteiger partial charge >= 0.3 is 5.97 Å². The number of aliphatic hydroxyl groups is 2. The molecule has 2 atom stereocenters. The molecule has 68 heavy (non-hydrogen) atoms. The maximum Gasteiger partial charge on any atom is 0.305 e. The summed E-state index contributed by atoms with van der Waals surface area (Å²) in [6.45, 7) is 4.87. The molecule has 6 nitrogen and oxygen atoms in total. The summed E-state index contributed by atoms with van der Waals surface area (Å²) in [7, 11) is 0. The molecule has 0 saturated carbocycles. The van der Waals surface area contributed by atoms with Crippen LogP contribution in [0.4, 0.5) is 0 Å². The van der Waals surface area contributed by atoms with E-state index in [1.165, 1.54) is 231 Å². The zero-order valence-corrected chi connectivity index (χ0v) is 45.6. The minimum Gasteiger partial charge on any atom is -0.466 e. The number of nitrogens with one attached hydrogen (secondary N) is 1. The summed E-state index contributed by atoms with van der Waals surface area (Å²) in [5.41, 5.74) is 0. The molecular formula is C62H117NO5. The second-order valence-corrected chi connectivity index (χ2v) is 20.7. The van der Waals surface area contributed by atoms with Crippen LogP contribution in [0.15, 0.2) is 36.5 Å². The van der Waals surface area contributed by atoms with E-state index in [2.05, 4.69) is 43.5 Å². The number of ether oxygens (including phenoxy) is 1. The number of allylic oxidation sites excluding steroid dienone is 5. The van der Waals surface area contributed by atoms with Crippen molar-refractivity contribution in [2.45, 2.75) is 334 Å². The van der Waals surface area contributed by atoms with Crippen LogP contribution in [0.2, 0.25) is 0 Å². The predicted octanol–water partition coefficient (Wildman–Crippen LogP) is 18.8. The quantitative estimate of drug-likeness (QED) is 0.0321. The topological polar surface area (TPSA) is 95.9 Å². The van der Waals surface area contributed by atoms with E-state index < -0.39 is 12.1 Å². The first-order valence-electron chi connectivity index (χ1n) is 30.3. The third-order valence-electron chi connectivity index (χ3n) is 13.9. The highest BCUT2D eigenvalue weighted by Gasteiger charge is 2.18. The smallest absolute Gasteiger partial charge is 0.305 e. The predicted molar refractivity (Wildman–Crippen MR) is 296 cm³/mol. The van der Waals surface area contributed by atoms with Crippen LogP contribution < -0.4 is 5.32 Å². The molecule has 1 amide bonds. The fourth-order valence-electron chi connectivity index (χ4n) is 9.21. The lowest BCUT2D eigenvalue weighted by molar-refractivity contribution is -0.143. The molecule has 0 aromatic heterocycles. The van der Waals surface area contributed by atoms with Crippen LogP contribution in [0.25, 0.3) is 0 Å². The van der Waals surface area contributed by atoms with Crippen LogP contribution in [0, 0.1) is 0 Å². The van der Waals surface area contributed by atoms with Crippen molar-refractivity contribution in [3.05, 3.63) is 36.5 Å². The maximum atomic E-state index is 12.5. The van der Waals surface area contributed by atoms with Crippen molar-refractivity contribution in [3.63, 3.8) is 0 Å². The van der Waals surface area contributed by atoms with E-state index >= 15 is 0 Å². The lowest BCUT2D eigenvalue weighted by Crippen LogP contribution is -2.45. The molecule has 0 bridgehead atoms. The van der Waals surface area contributed by atoms with Gasteiger partial charge in [0.1, 0.15) is 0 Å². The summed E-state index contributed by atoms with van der Waals surface area (Å²) in [6, 6.07) is -0.642. The van der Waals surface area contributed by atoms with E-state index in [1.54, 1.807) is 6.08 Å². The SMILES string of the molecule is CCCCC/C=C\CCCCCCCC(=O)OCCCCCCCCC/C=C\CCCCCCCC(=O)NC(CO)C(O)/C=C/CCCCCCCCCCCCCCCCCCCCCCC. The summed E-state index contributed by atoms with van der Waals surface area (Å²) < 4.78 is 5.45. The largest absolute Gasteiger partial charge is 0.466 e. The molecule has 2 unspecified atom stereocenters. The molecule has 0 radical (unpaired) electrons. The number of hydrogen-bond donors (Lipinski definition) is 3. The van der Waals surface area contributed by atoms with Gasteiger partial charge in [-0.05, 0) is 83.5 Å². The van der Waals surface area contributed by atoms with E-state index in [0.29, 0.717) is 19.4 Å². The molecule has 0 aromatic rings. The van der Waals surface area contributed by atoms with Gasteiger partial charge in [0.2, 0.25) is 5.91 Å². The number of aliphatic hydroxyl groups excluding tert-OH is 2. The number of carbonyl (C=O) groups excluding carboxylic acids is 2. The molecular weight excluding hydrogens is 839 g/mol. The highest BCUT2D eigenvalue weighted by Crippen LogP contribution is 2.17. The second-order valence-electron chi connectivity index (χ2n) is 20.7. The molecule has 0 aliphatic rings. The van der Waals surface area contributed by atoms with Crippen molar-refractivity contribution < 1.29 is 24.5 Å². The van der Waals surface area contributed by atoms with Crippen LogP contribution >= 0.6 is 0 Å². The zero-order valence-electron chi connectivity index (χ0n) is 45.6. The monoisotopic (exact) mass is 956 g/mol. The Morgan fingerprint density at radius 2 is 0.691 bits per heavy atom. The molecule has 0 aliphatic heterocycles. The average Bonchev–Trinajstić information content (AvgIpc) is 3.34. The fraction of sp³-hybridized carbons (Fsp3) is 0.871. The number of hydrogen-bond acceptors (Lipinski definition) is 5. The lowest BCUT2D eigenvalue weighted by atomic mass is 10.0. The van der Waals surface area contributed by atoms with Crippen LogP contribution in [-0.2, 0) is 14.3 Å². The van der Waals surface area contributed by atoms with Gasteiger partial charge in [0.25, 0.3) is 0 Å². The van der Waals surface area contributed by atoms with Crippen molar-refractivity contribution >= 4 is 11.9 Å². The van der Waals surface area contributed by atoms with Gasteiger partial charge < -0.3 is 20.3 Å². The van der Waals surface area contributed by atoms with Crippen LogP contribution in [0.3, 0.4) is 0 Å². The van der Waals surface area contributed by atoms with Crippen molar-refractivity contribution in [1.29, 1.82) is 0 Å². The first-order chi connectivity index (χ1) is 33.5. The summed E-state index contributed by atoms with van der Waals surface area (Å²) in [5.74, 6) is -0.0968. The molecule has 0 heterocycles. The minimum atomic E-state index is -0.857. The Bertz CT molecular complexity index is 1100. The van der Waals surface area contributed by atoms with E-state index in [0.717, 1.165) is 64.2 Å². The molecule has 6 heteroatoms. The number of unbranched alkanes of at least 4 members (excludes halogenated alkanes) is 41. The van der Waals surface area contributed by atoms with Gasteiger partial charge in [0.05, 0.1) is 25.4 Å². The Kier molecular flexibility index (Phi) is 56.0. The zero-order chi connectivity index (χ0) is 49.3. The Hall–Kier alpha value is -1.92. The molecule has 0 aromatic carbocycles. The van der Waals surface area contributed by atoms with Crippen molar-refractivity contribution in [1.82, 2.24) is 5.32 Å². The van der Waals surface area contributed by atoms with Gasteiger partial charge in [-0.3, -0.25) is 9.59 Å². The van der Waals surface area contributed by atoms with Crippen molar-refractivity contribution in [2.24, 2.45) is 0 Å². The molecule has 0 aliphatic carbocycles. The number of esters is 1. The highest BCUT2D eigenvalue weighted by atomic mass is 16.5.